The number of benzene rings is 9. The normalized spacial score (nSPS) is 12.9. The molecule has 47 heavy (non-hydrogen) atoms. The molecule has 0 saturated heterocycles. The molecule has 9 aromatic carbocycles. The maximum Gasteiger partial charge on any atom is 0.0362 e. The number of aryl methyl sites for hydroxylation is 2. The number of hydrogen-bond acceptors (Lipinski definition) is 1. The molecule has 0 bridgehead atoms. The van der Waals surface area contributed by atoms with Crippen LogP contribution < -0.4 is 0 Å². The molecule has 1 aromatic heterocycles. The van der Waals surface area contributed by atoms with Gasteiger partial charge in [-0.3, -0.25) is 0 Å². The van der Waals surface area contributed by atoms with E-state index < -0.39 is 0 Å². The smallest absolute Gasteiger partial charge is 0.0362 e. The summed E-state index contributed by atoms with van der Waals surface area (Å²) in [6.07, 6.45) is 2.21. The summed E-state index contributed by atoms with van der Waals surface area (Å²) < 4.78 is 2.68. The zero-order valence-electron chi connectivity index (χ0n) is 25.7. The third kappa shape index (κ3) is 3.52. The molecule has 0 fully saturated rings. The molecule has 1 heterocycles. The van der Waals surface area contributed by atoms with Crippen molar-refractivity contribution in [1.82, 2.24) is 0 Å². The van der Waals surface area contributed by atoms with E-state index in [0.717, 1.165) is 12.8 Å². The minimum absolute atomic E-state index is 1.10. The Labute approximate surface area is 276 Å². The van der Waals surface area contributed by atoms with E-state index in [2.05, 4.69) is 146 Å². The van der Waals surface area contributed by atoms with Gasteiger partial charge in [0.1, 0.15) is 0 Å². The molecule has 1 aliphatic carbocycles. The summed E-state index contributed by atoms with van der Waals surface area (Å²) >= 11 is 1.91. The first-order chi connectivity index (χ1) is 23.3. The molecule has 0 amide bonds. The van der Waals surface area contributed by atoms with E-state index in [1.807, 2.05) is 11.3 Å². The molecular formula is C46H28S. The fourth-order valence-electron chi connectivity index (χ4n) is 8.72. The highest BCUT2D eigenvalue weighted by atomic mass is 32.1. The second-order valence-corrected chi connectivity index (χ2v) is 14.2. The lowest BCUT2D eigenvalue weighted by Gasteiger charge is -2.23. The number of fused-ring (bicyclic) bond motifs is 6. The van der Waals surface area contributed by atoms with Gasteiger partial charge in [0.05, 0.1) is 0 Å². The van der Waals surface area contributed by atoms with Gasteiger partial charge in [0.15, 0.2) is 0 Å². The second-order valence-electron chi connectivity index (χ2n) is 13.1. The third-order valence-corrected chi connectivity index (χ3v) is 11.8. The van der Waals surface area contributed by atoms with Gasteiger partial charge in [0.25, 0.3) is 0 Å². The molecule has 0 unspecified atom stereocenters. The lowest BCUT2D eigenvalue weighted by atomic mass is 9.80. The molecule has 11 rings (SSSR count). The van der Waals surface area contributed by atoms with Crippen molar-refractivity contribution >= 4 is 85.4 Å². The largest absolute Gasteiger partial charge is 0.135 e. The van der Waals surface area contributed by atoms with Gasteiger partial charge in [0, 0.05) is 20.2 Å². The van der Waals surface area contributed by atoms with E-state index in [1.165, 1.54) is 107 Å². The van der Waals surface area contributed by atoms with Crippen LogP contribution in [0, 0.1) is 0 Å². The Hall–Kier alpha value is -5.50. The fraction of sp³-hybridized carbons (Fsp3) is 0.0435. The highest BCUT2D eigenvalue weighted by Gasteiger charge is 2.23. The Morgan fingerprint density at radius 3 is 1.62 bits per heavy atom. The molecule has 1 heteroatoms. The average Bonchev–Trinajstić information content (AvgIpc) is 3.49. The van der Waals surface area contributed by atoms with Crippen LogP contribution in [0.1, 0.15) is 11.1 Å². The Kier molecular flexibility index (Phi) is 5.19. The van der Waals surface area contributed by atoms with Crippen LogP contribution in [-0.4, -0.2) is 0 Å². The van der Waals surface area contributed by atoms with Gasteiger partial charge in [-0.15, -0.1) is 11.3 Å². The SMILES string of the molecule is c1ccc2cc3c(cc2c1)sc1cccc(-c2c4ccccc4c(-c4cc5cccc6c5c5c(cccc45)CC6)c4ccccc24)c13. The summed E-state index contributed by atoms with van der Waals surface area (Å²) in [6, 6.07) is 55.0. The van der Waals surface area contributed by atoms with Crippen molar-refractivity contribution < 1.29 is 0 Å². The number of rotatable bonds is 2. The summed E-state index contributed by atoms with van der Waals surface area (Å²) in [4.78, 5) is 0. The lowest BCUT2D eigenvalue weighted by Crippen LogP contribution is -2.02. The first kappa shape index (κ1) is 25.7. The molecular weight excluding hydrogens is 585 g/mol. The fourth-order valence-corrected chi connectivity index (χ4v) is 9.88. The van der Waals surface area contributed by atoms with Gasteiger partial charge >= 0.3 is 0 Å². The number of thiophene rings is 1. The van der Waals surface area contributed by atoms with E-state index in [0.29, 0.717) is 0 Å². The molecule has 10 aromatic rings. The van der Waals surface area contributed by atoms with Crippen molar-refractivity contribution in [3.8, 4) is 22.3 Å². The quantitative estimate of drug-likeness (QED) is 0.135. The van der Waals surface area contributed by atoms with Gasteiger partial charge in [-0.25, -0.2) is 0 Å². The minimum Gasteiger partial charge on any atom is -0.135 e. The Balaban J connectivity index is 1.31. The van der Waals surface area contributed by atoms with Gasteiger partial charge < -0.3 is 0 Å². The van der Waals surface area contributed by atoms with Crippen molar-refractivity contribution in [3.05, 3.63) is 157 Å². The highest BCUT2D eigenvalue weighted by Crippen LogP contribution is 2.50. The zero-order chi connectivity index (χ0) is 30.6. The lowest BCUT2D eigenvalue weighted by molar-refractivity contribution is 0.968. The monoisotopic (exact) mass is 612 g/mol. The van der Waals surface area contributed by atoms with Crippen LogP contribution in [0.25, 0.3) is 96.3 Å². The number of hydrogen-bond donors (Lipinski definition) is 0. The van der Waals surface area contributed by atoms with Crippen molar-refractivity contribution in [2.24, 2.45) is 0 Å². The summed E-state index contributed by atoms with van der Waals surface area (Å²) in [5.41, 5.74) is 8.26. The summed E-state index contributed by atoms with van der Waals surface area (Å²) in [7, 11) is 0. The van der Waals surface area contributed by atoms with E-state index in [-0.39, 0.29) is 0 Å². The van der Waals surface area contributed by atoms with Crippen LogP contribution in [0.4, 0.5) is 0 Å². The van der Waals surface area contributed by atoms with E-state index in [1.54, 1.807) is 0 Å². The first-order valence-corrected chi connectivity index (χ1v) is 17.4. The Bertz CT molecular complexity index is 2900. The van der Waals surface area contributed by atoms with Crippen molar-refractivity contribution in [2.45, 2.75) is 12.8 Å². The molecule has 1 aliphatic rings. The molecule has 0 nitrogen and oxygen atoms in total. The molecule has 0 radical (unpaired) electrons. The molecule has 0 spiro atoms. The average molecular weight is 613 g/mol. The molecule has 218 valence electrons. The Morgan fingerprint density at radius 2 is 0.894 bits per heavy atom. The summed E-state index contributed by atoms with van der Waals surface area (Å²) in [5.74, 6) is 0. The summed E-state index contributed by atoms with van der Waals surface area (Å²) in [5, 5.41) is 16.1. The summed E-state index contributed by atoms with van der Waals surface area (Å²) in [6.45, 7) is 0. The van der Waals surface area contributed by atoms with Crippen LogP contribution in [-0.2, 0) is 12.8 Å². The zero-order valence-corrected chi connectivity index (χ0v) is 26.5. The maximum absolute atomic E-state index is 2.47. The van der Waals surface area contributed by atoms with Crippen molar-refractivity contribution in [1.29, 1.82) is 0 Å². The van der Waals surface area contributed by atoms with Gasteiger partial charge in [0.2, 0.25) is 0 Å². The molecule has 0 saturated carbocycles. The second kappa shape index (κ2) is 9.51. The van der Waals surface area contributed by atoms with Crippen LogP contribution in [0.15, 0.2) is 146 Å². The highest BCUT2D eigenvalue weighted by molar-refractivity contribution is 7.26. The van der Waals surface area contributed by atoms with Gasteiger partial charge in [-0.1, -0.05) is 121 Å². The van der Waals surface area contributed by atoms with Gasteiger partial charge in [-0.2, -0.15) is 0 Å². The van der Waals surface area contributed by atoms with E-state index in [4.69, 9.17) is 0 Å². The van der Waals surface area contributed by atoms with Crippen LogP contribution in [0.5, 0.6) is 0 Å². The Morgan fingerprint density at radius 1 is 0.340 bits per heavy atom. The standard InChI is InChI=1S/C46H28S/c1-2-11-30-26-41-39(24-29(30)10-1)46-37(20-9-21-40(46)47-41)44-32-15-3-5-17-34(32)45(35-18-6-4-16-33(35)44)38-25-31-14-7-12-27-22-23-28-13-8-19-36(38)43(28)42(27)31/h1-21,24-26H,22-23H2. The molecule has 0 aliphatic heterocycles. The topological polar surface area (TPSA) is 0 Å². The third-order valence-electron chi connectivity index (χ3n) is 10.7. The van der Waals surface area contributed by atoms with Crippen LogP contribution in [0.2, 0.25) is 0 Å². The minimum atomic E-state index is 1.10. The molecule has 0 atom stereocenters. The van der Waals surface area contributed by atoms with Crippen LogP contribution in [0.3, 0.4) is 0 Å². The van der Waals surface area contributed by atoms with Crippen molar-refractivity contribution in [2.75, 3.05) is 0 Å². The van der Waals surface area contributed by atoms with Gasteiger partial charge in [-0.05, 0) is 124 Å². The van der Waals surface area contributed by atoms with E-state index >= 15 is 0 Å². The van der Waals surface area contributed by atoms with E-state index in [9.17, 15) is 0 Å². The van der Waals surface area contributed by atoms with Crippen LogP contribution >= 0.6 is 11.3 Å². The molecule has 0 N–H and O–H groups in total. The predicted molar refractivity (Wildman–Crippen MR) is 205 cm³/mol. The maximum atomic E-state index is 2.47. The predicted octanol–water partition coefficient (Wildman–Crippen LogP) is 13.3. The first-order valence-electron chi connectivity index (χ1n) is 16.6. The van der Waals surface area contributed by atoms with Crippen molar-refractivity contribution in [3.63, 3.8) is 0 Å².